The van der Waals surface area contributed by atoms with E-state index in [9.17, 15) is 0 Å². The van der Waals surface area contributed by atoms with E-state index in [2.05, 4.69) is 19.8 Å². The van der Waals surface area contributed by atoms with Crippen LogP contribution in [-0.2, 0) is 6.61 Å². The summed E-state index contributed by atoms with van der Waals surface area (Å²) in [5, 5.41) is 9.09. The summed E-state index contributed by atoms with van der Waals surface area (Å²) in [6.45, 7) is 5.20. The molecule has 6 heteroatoms. The van der Waals surface area contributed by atoms with Gasteiger partial charge in [-0.3, -0.25) is 9.88 Å². The Morgan fingerprint density at radius 3 is 2.75 bits per heavy atom. The Balaban J connectivity index is 1.60. The maximum atomic E-state index is 9.09. The molecule has 1 aliphatic heterocycles. The molecule has 0 radical (unpaired) electrons. The summed E-state index contributed by atoms with van der Waals surface area (Å²) in [4.78, 5) is 13.4. The van der Waals surface area contributed by atoms with E-state index in [0.717, 1.165) is 50.5 Å². The summed E-state index contributed by atoms with van der Waals surface area (Å²) in [7, 11) is 0. The molecule has 24 heavy (non-hydrogen) atoms. The monoisotopic (exact) mass is 328 g/mol. The van der Waals surface area contributed by atoms with Gasteiger partial charge >= 0.3 is 0 Å². The zero-order chi connectivity index (χ0) is 16.6. The van der Waals surface area contributed by atoms with Gasteiger partial charge in [-0.25, -0.2) is 0 Å². The molecule has 1 fully saturated rings. The molecule has 1 saturated heterocycles. The van der Waals surface area contributed by atoms with Crippen molar-refractivity contribution in [3.63, 3.8) is 0 Å². The molecule has 2 aromatic rings. The third-order valence-electron chi connectivity index (χ3n) is 4.16. The molecule has 2 heterocycles. The summed E-state index contributed by atoms with van der Waals surface area (Å²) in [5.74, 6) is 1.40. The van der Waals surface area contributed by atoms with Gasteiger partial charge in [0.1, 0.15) is 6.61 Å². The number of aliphatic hydroxyl groups excluding tert-OH is 1. The molecule has 0 aliphatic carbocycles. The first-order valence-corrected chi connectivity index (χ1v) is 8.42. The molecule has 1 aliphatic rings. The third-order valence-corrected chi connectivity index (χ3v) is 4.16. The molecule has 3 rings (SSSR count). The minimum absolute atomic E-state index is 0.211. The van der Waals surface area contributed by atoms with Gasteiger partial charge < -0.3 is 14.7 Å². The van der Waals surface area contributed by atoms with Gasteiger partial charge in [0, 0.05) is 26.2 Å². The highest BCUT2D eigenvalue weighted by molar-refractivity contribution is 5.37. The summed E-state index contributed by atoms with van der Waals surface area (Å²) in [6, 6.07) is 10.0. The van der Waals surface area contributed by atoms with Gasteiger partial charge in [-0.15, -0.1) is 0 Å². The second-order valence-corrected chi connectivity index (χ2v) is 5.90. The molecule has 0 spiro atoms. The van der Waals surface area contributed by atoms with Crippen molar-refractivity contribution in [2.75, 3.05) is 44.2 Å². The highest BCUT2D eigenvalue weighted by Gasteiger charge is 2.16. The van der Waals surface area contributed by atoms with Crippen LogP contribution in [0.1, 0.15) is 12.0 Å². The van der Waals surface area contributed by atoms with Crippen LogP contribution in [0, 0.1) is 0 Å². The lowest BCUT2D eigenvalue weighted by Crippen LogP contribution is -2.32. The minimum atomic E-state index is 0.211. The molecule has 0 amide bonds. The van der Waals surface area contributed by atoms with Gasteiger partial charge in [0.15, 0.2) is 5.82 Å². The zero-order valence-electron chi connectivity index (χ0n) is 13.8. The molecule has 0 bridgehead atoms. The number of benzene rings is 1. The Morgan fingerprint density at radius 2 is 1.92 bits per heavy atom. The molecular weight excluding hydrogens is 304 g/mol. The molecule has 128 valence electrons. The van der Waals surface area contributed by atoms with E-state index in [1.165, 1.54) is 0 Å². The number of nitrogens with zero attached hydrogens (tertiary/aromatic N) is 4. The molecule has 0 atom stereocenters. The average molecular weight is 328 g/mol. The van der Waals surface area contributed by atoms with Crippen molar-refractivity contribution in [2.24, 2.45) is 0 Å². The van der Waals surface area contributed by atoms with Crippen molar-refractivity contribution in [2.45, 2.75) is 13.0 Å². The van der Waals surface area contributed by atoms with Crippen molar-refractivity contribution in [3.05, 3.63) is 48.3 Å². The Morgan fingerprint density at radius 1 is 1.04 bits per heavy atom. The van der Waals surface area contributed by atoms with Gasteiger partial charge in [0.05, 0.1) is 19.0 Å². The Bertz CT molecular complexity index is 623. The van der Waals surface area contributed by atoms with E-state index >= 15 is 0 Å². The normalized spacial score (nSPS) is 16.0. The first-order valence-electron chi connectivity index (χ1n) is 8.42. The number of β-amino-alcohol motifs (C(OH)–C–C–N with tert-alkyl or cyclic N) is 1. The number of anilines is 1. The van der Waals surface area contributed by atoms with Gasteiger partial charge in [-0.1, -0.05) is 30.3 Å². The fourth-order valence-corrected chi connectivity index (χ4v) is 2.86. The quantitative estimate of drug-likeness (QED) is 0.868. The van der Waals surface area contributed by atoms with Crippen LogP contribution >= 0.6 is 0 Å². The molecule has 1 aromatic heterocycles. The van der Waals surface area contributed by atoms with E-state index in [-0.39, 0.29) is 6.61 Å². The van der Waals surface area contributed by atoms with Gasteiger partial charge in [0.25, 0.3) is 0 Å². The fraction of sp³-hybridized carbons (Fsp3) is 0.444. The third kappa shape index (κ3) is 4.66. The van der Waals surface area contributed by atoms with Crippen LogP contribution in [0.2, 0.25) is 0 Å². The molecular formula is C18H24N4O2. The van der Waals surface area contributed by atoms with Gasteiger partial charge in [0.2, 0.25) is 5.88 Å². The summed E-state index contributed by atoms with van der Waals surface area (Å²) >= 11 is 0. The number of hydrogen-bond donors (Lipinski definition) is 1. The minimum Gasteiger partial charge on any atom is -0.472 e. The van der Waals surface area contributed by atoms with Crippen molar-refractivity contribution >= 4 is 5.82 Å². The maximum absolute atomic E-state index is 9.09. The van der Waals surface area contributed by atoms with Crippen molar-refractivity contribution < 1.29 is 9.84 Å². The highest BCUT2D eigenvalue weighted by atomic mass is 16.5. The lowest BCUT2D eigenvalue weighted by molar-refractivity contribution is 0.204. The van der Waals surface area contributed by atoms with E-state index in [0.29, 0.717) is 12.5 Å². The smallest absolute Gasteiger partial charge is 0.234 e. The van der Waals surface area contributed by atoms with E-state index in [1.54, 1.807) is 12.4 Å². The van der Waals surface area contributed by atoms with E-state index < -0.39 is 0 Å². The Labute approximate surface area is 142 Å². The lowest BCUT2D eigenvalue weighted by Gasteiger charge is -2.22. The summed E-state index contributed by atoms with van der Waals surface area (Å²) in [6.07, 6.45) is 4.50. The number of ether oxygens (including phenoxy) is 1. The first-order chi connectivity index (χ1) is 11.8. The standard InChI is InChI=1S/C18H24N4O2/c23-12-11-21-7-4-8-22(10-9-21)17-13-19-14-18(20-17)24-15-16-5-2-1-3-6-16/h1-3,5-6,13-14,23H,4,7-12,15H2. The number of hydrogen-bond acceptors (Lipinski definition) is 6. The van der Waals surface area contributed by atoms with Crippen LogP contribution < -0.4 is 9.64 Å². The highest BCUT2D eigenvalue weighted by Crippen LogP contribution is 2.17. The largest absolute Gasteiger partial charge is 0.472 e. The maximum Gasteiger partial charge on any atom is 0.234 e. The molecule has 0 unspecified atom stereocenters. The predicted octanol–water partition coefficient (Wildman–Crippen LogP) is 1.56. The Hall–Kier alpha value is -2.18. The lowest BCUT2D eigenvalue weighted by atomic mass is 10.2. The molecule has 1 N–H and O–H groups in total. The topological polar surface area (TPSA) is 61.7 Å². The van der Waals surface area contributed by atoms with Crippen LogP contribution in [0.5, 0.6) is 5.88 Å². The second-order valence-electron chi connectivity index (χ2n) is 5.90. The van der Waals surface area contributed by atoms with Crippen LogP contribution in [-0.4, -0.2) is 59.3 Å². The van der Waals surface area contributed by atoms with Crippen LogP contribution in [0.25, 0.3) is 0 Å². The number of aliphatic hydroxyl groups is 1. The second kappa shape index (κ2) is 8.61. The predicted molar refractivity (Wildman–Crippen MR) is 93.2 cm³/mol. The summed E-state index contributed by atoms with van der Waals surface area (Å²) < 4.78 is 5.77. The molecule has 6 nitrogen and oxygen atoms in total. The molecule has 1 aromatic carbocycles. The summed E-state index contributed by atoms with van der Waals surface area (Å²) in [5.41, 5.74) is 1.11. The van der Waals surface area contributed by atoms with Gasteiger partial charge in [-0.2, -0.15) is 4.98 Å². The number of aromatic nitrogens is 2. The molecule has 0 saturated carbocycles. The zero-order valence-corrected chi connectivity index (χ0v) is 13.8. The van der Waals surface area contributed by atoms with Crippen LogP contribution in [0.4, 0.5) is 5.82 Å². The number of rotatable bonds is 6. The van der Waals surface area contributed by atoms with Crippen molar-refractivity contribution in [3.8, 4) is 5.88 Å². The Kier molecular flexibility index (Phi) is 5.98. The SMILES string of the molecule is OCCN1CCCN(c2cncc(OCc3ccccc3)n2)CC1. The first kappa shape index (κ1) is 16.7. The van der Waals surface area contributed by atoms with E-state index in [4.69, 9.17) is 9.84 Å². The van der Waals surface area contributed by atoms with Crippen molar-refractivity contribution in [1.29, 1.82) is 0 Å². The fourth-order valence-electron chi connectivity index (χ4n) is 2.86. The average Bonchev–Trinajstić information content (AvgIpc) is 2.87. The van der Waals surface area contributed by atoms with E-state index in [1.807, 2.05) is 30.3 Å². The van der Waals surface area contributed by atoms with Crippen molar-refractivity contribution in [1.82, 2.24) is 14.9 Å². The van der Waals surface area contributed by atoms with Gasteiger partial charge in [-0.05, 0) is 18.5 Å². The van der Waals surface area contributed by atoms with Crippen LogP contribution in [0.15, 0.2) is 42.7 Å². The van der Waals surface area contributed by atoms with Crippen LogP contribution in [0.3, 0.4) is 0 Å².